The third-order valence-electron chi connectivity index (χ3n) is 4.77. The molecular formula is C24H23BrFNO6S. The van der Waals surface area contributed by atoms with Gasteiger partial charge in [0, 0.05) is 0 Å². The third kappa shape index (κ3) is 6.60. The Hall–Kier alpha value is -2.85. The van der Waals surface area contributed by atoms with Crippen molar-refractivity contribution in [1.82, 2.24) is 4.90 Å². The van der Waals surface area contributed by atoms with E-state index in [1.165, 1.54) is 19.2 Å². The predicted molar refractivity (Wildman–Crippen MR) is 130 cm³/mol. The molecule has 180 valence electrons. The van der Waals surface area contributed by atoms with E-state index in [0.29, 0.717) is 28.0 Å². The van der Waals surface area contributed by atoms with E-state index >= 15 is 0 Å². The predicted octanol–water partition coefficient (Wildman–Crippen LogP) is 5.56. The number of rotatable bonds is 10. The molecule has 1 heterocycles. The Bertz CT molecular complexity index is 1110. The maximum Gasteiger partial charge on any atom is 0.326 e. The minimum Gasteiger partial charge on any atom is -0.493 e. The summed E-state index contributed by atoms with van der Waals surface area (Å²) in [6.45, 7) is 1.99. The minimum absolute atomic E-state index is 0.181. The number of halogens is 2. The van der Waals surface area contributed by atoms with E-state index in [-0.39, 0.29) is 23.9 Å². The highest BCUT2D eigenvalue weighted by Gasteiger charge is 2.36. The van der Waals surface area contributed by atoms with Crippen LogP contribution in [0.2, 0.25) is 0 Å². The lowest BCUT2D eigenvalue weighted by Crippen LogP contribution is -2.34. The zero-order chi connectivity index (χ0) is 24.7. The van der Waals surface area contributed by atoms with Crippen LogP contribution < -0.4 is 9.47 Å². The van der Waals surface area contributed by atoms with Gasteiger partial charge in [0.05, 0.1) is 23.1 Å². The van der Waals surface area contributed by atoms with Gasteiger partial charge in [-0.1, -0.05) is 25.5 Å². The van der Waals surface area contributed by atoms with E-state index in [9.17, 15) is 18.8 Å². The number of ether oxygens (including phenoxy) is 3. The summed E-state index contributed by atoms with van der Waals surface area (Å²) >= 11 is 4.20. The molecule has 0 atom stereocenters. The first-order valence-electron chi connectivity index (χ1n) is 10.5. The Balaban J connectivity index is 1.73. The minimum atomic E-state index is -0.621. The number of methoxy groups -OCH3 is 1. The molecule has 0 unspecified atom stereocenters. The normalized spacial score (nSPS) is 14.6. The van der Waals surface area contributed by atoms with Gasteiger partial charge < -0.3 is 14.2 Å². The van der Waals surface area contributed by atoms with Crippen molar-refractivity contribution >= 4 is 50.9 Å². The van der Waals surface area contributed by atoms with E-state index in [1.807, 2.05) is 6.92 Å². The van der Waals surface area contributed by atoms with Gasteiger partial charge in [0.15, 0.2) is 11.5 Å². The molecule has 0 bridgehead atoms. The number of benzene rings is 2. The molecule has 2 aromatic carbocycles. The Labute approximate surface area is 209 Å². The lowest BCUT2D eigenvalue weighted by Gasteiger charge is -2.14. The fourth-order valence-corrected chi connectivity index (χ4v) is 4.40. The van der Waals surface area contributed by atoms with Crippen LogP contribution in [0.3, 0.4) is 0 Å². The molecule has 0 saturated carbocycles. The first-order valence-corrected chi connectivity index (χ1v) is 12.1. The van der Waals surface area contributed by atoms with Crippen LogP contribution in [-0.2, 0) is 20.9 Å². The summed E-state index contributed by atoms with van der Waals surface area (Å²) in [6.07, 6.45) is 3.13. The Morgan fingerprint density at radius 3 is 2.62 bits per heavy atom. The van der Waals surface area contributed by atoms with Crippen LogP contribution in [0.1, 0.15) is 30.9 Å². The molecule has 0 aliphatic carbocycles. The monoisotopic (exact) mass is 551 g/mol. The second kappa shape index (κ2) is 12.0. The van der Waals surface area contributed by atoms with Gasteiger partial charge in [-0.3, -0.25) is 19.3 Å². The van der Waals surface area contributed by atoms with Crippen molar-refractivity contribution in [1.29, 1.82) is 0 Å². The van der Waals surface area contributed by atoms with Gasteiger partial charge >= 0.3 is 5.97 Å². The summed E-state index contributed by atoms with van der Waals surface area (Å²) in [5.41, 5.74) is 1.37. The maximum atomic E-state index is 13.1. The smallest absolute Gasteiger partial charge is 0.326 e. The fourth-order valence-electron chi connectivity index (χ4n) is 2.99. The molecule has 2 aromatic rings. The van der Waals surface area contributed by atoms with Crippen LogP contribution >= 0.6 is 27.7 Å². The van der Waals surface area contributed by atoms with E-state index in [1.54, 1.807) is 30.3 Å². The van der Waals surface area contributed by atoms with E-state index in [2.05, 4.69) is 15.9 Å². The molecule has 34 heavy (non-hydrogen) atoms. The summed E-state index contributed by atoms with van der Waals surface area (Å²) in [4.78, 5) is 37.9. The Morgan fingerprint density at radius 2 is 1.94 bits per heavy atom. The Morgan fingerprint density at radius 1 is 1.21 bits per heavy atom. The maximum absolute atomic E-state index is 13.1. The van der Waals surface area contributed by atoms with Crippen LogP contribution in [0, 0.1) is 5.82 Å². The van der Waals surface area contributed by atoms with Crippen LogP contribution in [-0.4, -0.2) is 42.3 Å². The van der Waals surface area contributed by atoms with Crippen LogP contribution in [0.4, 0.5) is 9.18 Å². The largest absolute Gasteiger partial charge is 0.493 e. The molecule has 0 radical (unpaired) electrons. The van der Waals surface area contributed by atoms with Gasteiger partial charge in [-0.2, -0.15) is 0 Å². The highest BCUT2D eigenvalue weighted by molar-refractivity contribution is 9.10. The number of carbonyl (C=O) groups excluding carboxylic acids is 3. The molecule has 3 rings (SSSR count). The quantitative estimate of drug-likeness (QED) is 0.217. The summed E-state index contributed by atoms with van der Waals surface area (Å²) in [5.74, 6) is -0.670. The lowest BCUT2D eigenvalue weighted by molar-refractivity contribution is -0.146. The van der Waals surface area contributed by atoms with Crippen molar-refractivity contribution in [3.8, 4) is 11.5 Å². The second-order valence-electron chi connectivity index (χ2n) is 7.29. The molecule has 0 spiro atoms. The average Bonchev–Trinajstić information content (AvgIpc) is 3.06. The topological polar surface area (TPSA) is 82.1 Å². The molecular weight excluding hydrogens is 529 g/mol. The molecule has 2 amide bonds. The van der Waals surface area contributed by atoms with Crippen LogP contribution in [0.15, 0.2) is 45.8 Å². The van der Waals surface area contributed by atoms with E-state index in [4.69, 9.17) is 14.2 Å². The average molecular weight is 552 g/mol. The summed E-state index contributed by atoms with van der Waals surface area (Å²) in [6, 6.07) is 9.34. The first-order chi connectivity index (χ1) is 16.3. The van der Waals surface area contributed by atoms with Gasteiger partial charge in [-0.25, -0.2) is 4.39 Å². The van der Waals surface area contributed by atoms with Crippen molar-refractivity contribution in [3.63, 3.8) is 0 Å². The van der Waals surface area contributed by atoms with Gasteiger partial charge in [0.2, 0.25) is 0 Å². The molecule has 1 aliphatic rings. The van der Waals surface area contributed by atoms with Crippen molar-refractivity contribution in [2.24, 2.45) is 0 Å². The number of amides is 2. The van der Waals surface area contributed by atoms with E-state index < -0.39 is 23.7 Å². The lowest BCUT2D eigenvalue weighted by atomic mass is 10.1. The van der Waals surface area contributed by atoms with Crippen LogP contribution in [0.5, 0.6) is 11.5 Å². The molecule has 1 saturated heterocycles. The molecule has 10 heteroatoms. The zero-order valence-corrected chi connectivity index (χ0v) is 21.0. The highest BCUT2D eigenvalue weighted by Crippen LogP contribution is 2.39. The number of unbranched alkanes of at least 4 members (excludes halogenated alkanes) is 1. The molecule has 1 aliphatic heterocycles. The Kier molecular flexibility index (Phi) is 9.12. The zero-order valence-electron chi connectivity index (χ0n) is 18.6. The number of hydrogen-bond donors (Lipinski definition) is 0. The van der Waals surface area contributed by atoms with Gasteiger partial charge in [-0.05, 0) is 75.6 Å². The fraction of sp³-hybridized carbons (Fsp3) is 0.292. The number of hydrogen-bond acceptors (Lipinski definition) is 7. The number of esters is 1. The van der Waals surface area contributed by atoms with Crippen molar-refractivity contribution in [2.75, 3.05) is 20.3 Å². The van der Waals surface area contributed by atoms with E-state index in [0.717, 1.165) is 28.6 Å². The number of carbonyl (C=O) groups is 3. The van der Waals surface area contributed by atoms with Crippen LogP contribution in [0.25, 0.3) is 6.08 Å². The first kappa shape index (κ1) is 25.8. The summed E-state index contributed by atoms with van der Waals surface area (Å²) < 4.78 is 30.0. The SMILES string of the molecule is CCCCOC(=O)CN1C(=O)S/C(=C/c2cc(Br)c(OCc3ccc(F)cc3)c(OC)c2)C1=O. The van der Waals surface area contributed by atoms with Crippen molar-refractivity contribution in [3.05, 3.63) is 62.7 Å². The van der Waals surface area contributed by atoms with Crippen molar-refractivity contribution in [2.45, 2.75) is 26.4 Å². The molecule has 0 aromatic heterocycles. The summed E-state index contributed by atoms with van der Waals surface area (Å²) in [7, 11) is 1.48. The third-order valence-corrected chi connectivity index (χ3v) is 6.26. The molecule has 7 nitrogen and oxygen atoms in total. The van der Waals surface area contributed by atoms with Gasteiger partial charge in [-0.15, -0.1) is 0 Å². The number of thioether (sulfide) groups is 1. The standard InChI is InChI=1S/C24H23BrFNO6S/c1-3-4-9-32-21(28)13-27-23(29)20(34-24(27)30)12-16-10-18(25)22(19(11-16)31-2)33-14-15-5-7-17(26)8-6-15/h5-8,10-12H,3-4,9,13-14H2,1-2H3/b20-12+. The number of imide groups is 1. The number of nitrogens with zero attached hydrogens (tertiary/aromatic N) is 1. The van der Waals surface area contributed by atoms with Gasteiger partial charge in [0.1, 0.15) is 19.0 Å². The highest BCUT2D eigenvalue weighted by atomic mass is 79.9. The molecule has 0 N–H and O–H groups in total. The molecule has 1 fully saturated rings. The van der Waals surface area contributed by atoms with Crippen molar-refractivity contribution < 1.29 is 33.0 Å². The second-order valence-corrected chi connectivity index (χ2v) is 9.14. The van der Waals surface area contributed by atoms with Gasteiger partial charge in [0.25, 0.3) is 11.1 Å². The summed E-state index contributed by atoms with van der Waals surface area (Å²) in [5, 5.41) is -0.533.